The van der Waals surface area contributed by atoms with Gasteiger partial charge in [-0.25, -0.2) is 0 Å². The van der Waals surface area contributed by atoms with Crippen LogP contribution in [0.25, 0.3) is 0 Å². The molecule has 16 heavy (non-hydrogen) atoms. The van der Waals surface area contributed by atoms with Crippen LogP contribution in [0, 0.1) is 18.8 Å². The summed E-state index contributed by atoms with van der Waals surface area (Å²) < 4.78 is 0. The van der Waals surface area contributed by atoms with Crippen LogP contribution >= 0.6 is 0 Å². The van der Waals surface area contributed by atoms with Crippen LogP contribution in [-0.2, 0) is 0 Å². The molecule has 0 radical (unpaired) electrons. The highest BCUT2D eigenvalue weighted by Gasteiger charge is 2.24. The molecule has 0 spiro atoms. The van der Waals surface area contributed by atoms with Gasteiger partial charge in [-0.1, -0.05) is 20.8 Å². The topological polar surface area (TPSA) is 57.5 Å². The summed E-state index contributed by atoms with van der Waals surface area (Å²) in [6.07, 6.45) is 0. The fourth-order valence-electron chi connectivity index (χ4n) is 1.53. The number of benzene rings is 1. The molecule has 0 aliphatic carbocycles. The number of hydrogen-bond acceptors (Lipinski definition) is 3. The van der Waals surface area contributed by atoms with Crippen LogP contribution in [0.2, 0.25) is 0 Å². The zero-order valence-electron chi connectivity index (χ0n) is 10.1. The zero-order valence-corrected chi connectivity index (χ0v) is 10.1. The molecule has 2 N–H and O–H groups in total. The molecular formula is C13H18O3. The molecule has 0 fully saturated rings. The molecule has 0 aliphatic heterocycles. The molecule has 0 saturated heterocycles. The van der Waals surface area contributed by atoms with Gasteiger partial charge in [0.1, 0.15) is 11.5 Å². The van der Waals surface area contributed by atoms with Crippen LogP contribution in [0.1, 0.15) is 36.7 Å². The molecule has 1 aromatic carbocycles. The summed E-state index contributed by atoms with van der Waals surface area (Å²) in [6.45, 7) is 7.38. The highest BCUT2D eigenvalue weighted by Crippen LogP contribution is 2.31. The molecule has 0 aliphatic rings. The first-order valence-corrected chi connectivity index (χ1v) is 5.42. The van der Waals surface area contributed by atoms with E-state index in [0.29, 0.717) is 5.56 Å². The van der Waals surface area contributed by atoms with Gasteiger partial charge >= 0.3 is 0 Å². The minimum Gasteiger partial charge on any atom is -0.508 e. The Bertz CT molecular complexity index is 408. The first-order chi connectivity index (χ1) is 7.36. The Morgan fingerprint density at radius 2 is 1.62 bits per heavy atom. The number of phenolic OH excluding ortho intramolecular Hbond substituents is 2. The predicted molar refractivity (Wildman–Crippen MR) is 62.8 cm³/mol. The number of phenols is 2. The number of Topliss-reactive ketones (excluding diaryl/α,β-unsaturated/α-hetero) is 1. The molecule has 1 rings (SSSR count). The van der Waals surface area contributed by atoms with Crippen molar-refractivity contribution < 1.29 is 15.0 Å². The van der Waals surface area contributed by atoms with Gasteiger partial charge in [0.05, 0.1) is 5.56 Å². The minimum absolute atomic E-state index is 0.0390. The summed E-state index contributed by atoms with van der Waals surface area (Å²) in [6, 6.07) is 2.74. The van der Waals surface area contributed by atoms with E-state index in [9.17, 15) is 15.0 Å². The third-order valence-corrected chi connectivity index (χ3v) is 3.07. The largest absolute Gasteiger partial charge is 0.508 e. The lowest BCUT2D eigenvalue weighted by atomic mass is 9.87. The van der Waals surface area contributed by atoms with E-state index in [-0.39, 0.29) is 34.7 Å². The van der Waals surface area contributed by atoms with Gasteiger partial charge in [0.25, 0.3) is 0 Å². The molecule has 1 atom stereocenters. The van der Waals surface area contributed by atoms with E-state index in [1.807, 2.05) is 20.8 Å². The number of aromatic hydroxyl groups is 2. The number of hydrogen-bond donors (Lipinski definition) is 2. The second-order valence-corrected chi connectivity index (χ2v) is 4.50. The second kappa shape index (κ2) is 4.56. The molecule has 0 saturated carbocycles. The molecule has 0 heterocycles. The maximum absolute atomic E-state index is 12.1. The smallest absolute Gasteiger partial charge is 0.170 e. The summed E-state index contributed by atoms with van der Waals surface area (Å²) >= 11 is 0. The summed E-state index contributed by atoms with van der Waals surface area (Å²) in [4.78, 5) is 12.1. The fourth-order valence-corrected chi connectivity index (χ4v) is 1.53. The minimum atomic E-state index is -0.175. The van der Waals surface area contributed by atoms with Crippen LogP contribution in [0.15, 0.2) is 12.1 Å². The highest BCUT2D eigenvalue weighted by atomic mass is 16.3. The Morgan fingerprint density at radius 1 is 1.12 bits per heavy atom. The molecule has 3 nitrogen and oxygen atoms in total. The van der Waals surface area contributed by atoms with Gasteiger partial charge in [-0.15, -0.1) is 0 Å². The third-order valence-electron chi connectivity index (χ3n) is 3.07. The van der Waals surface area contributed by atoms with E-state index in [1.54, 1.807) is 6.92 Å². The molecule has 0 aromatic heterocycles. The average molecular weight is 222 g/mol. The summed E-state index contributed by atoms with van der Waals surface area (Å²) in [5.41, 5.74) is 0.679. The van der Waals surface area contributed by atoms with Crippen molar-refractivity contribution in [2.24, 2.45) is 11.8 Å². The van der Waals surface area contributed by atoms with E-state index in [0.717, 1.165) is 0 Å². The molecule has 88 valence electrons. The number of carbonyl (C=O) groups excluding carboxylic acids is 1. The van der Waals surface area contributed by atoms with Crippen molar-refractivity contribution in [3.8, 4) is 11.5 Å². The quantitative estimate of drug-likeness (QED) is 0.610. The van der Waals surface area contributed by atoms with Gasteiger partial charge in [0.2, 0.25) is 0 Å². The van der Waals surface area contributed by atoms with Gasteiger partial charge in [-0.2, -0.15) is 0 Å². The van der Waals surface area contributed by atoms with E-state index in [2.05, 4.69) is 0 Å². The lowest BCUT2D eigenvalue weighted by molar-refractivity contribution is 0.0896. The van der Waals surface area contributed by atoms with Crippen LogP contribution < -0.4 is 0 Å². The summed E-state index contributed by atoms with van der Waals surface area (Å²) in [5.74, 6) is -0.120. The third kappa shape index (κ3) is 2.18. The number of carbonyl (C=O) groups is 1. The van der Waals surface area contributed by atoms with Crippen molar-refractivity contribution in [2.45, 2.75) is 27.7 Å². The van der Waals surface area contributed by atoms with E-state index < -0.39 is 0 Å². The maximum Gasteiger partial charge on any atom is 0.170 e. The molecule has 0 amide bonds. The molecule has 1 aromatic rings. The molecule has 1 unspecified atom stereocenters. The first-order valence-electron chi connectivity index (χ1n) is 5.42. The number of rotatable bonds is 3. The van der Waals surface area contributed by atoms with Crippen molar-refractivity contribution in [1.29, 1.82) is 0 Å². The van der Waals surface area contributed by atoms with E-state index in [4.69, 9.17) is 0 Å². The molecule has 0 bridgehead atoms. The van der Waals surface area contributed by atoms with Gasteiger partial charge in [-0.05, 0) is 25.0 Å². The molecular weight excluding hydrogens is 204 g/mol. The van der Waals surface area contributed by atoms with Crippen molar-refractivity contribution in [3.05, 3.63) is 23.3 Å². The van der Waals surface area contributed by atoms with Gasteiger partial charge in [-0.3, -0.25) is 4.79 Å². The van der Waals surface area contributed by atoms with Crippen molar-refractivity contribution in [2.75, 3.05) is 0 Å². The van der Waals surface area contributed by atoms with Crippen LogP contribution in [0.4, 0.5) is 0 Å². The van der Waals surface area contributed by atoms with Gasteiger partial charge < -0.3 is 10.2 Å². The summed E-state index contributed by atoms with van der Waals surface area (Å²) in [5, 5.41) is 19.2. The first kappa shape index (κ1) is 12.6. The van der Waals surface area contributed by atoms with Gasteiger partial charge in [0.15, 0.2) is 5.78 Å². The molecule has 3 heteroatoms. The highest BCUT2D eigenvalue weighted by molar-refractivity contribution is 6.02. The Morgan fingerprint density at radius 3 is 2.12 bits per heavy atom. The Labute approximate surface area is 95.7 Å². The van der Waals surface area contributed by atoms with Crippen molar-refractivity contribution in [3.63, 3.8) is 0 Å². The predicted octanol–water partition coefficient (Wildman–Crippen LogP) is 2.88. The lowest BCUT2D eigenvalue weighted by Crippen LogP contribution is -2.18. The average Bonchev–Trinajstić information content (AvgIpc) is 2.22. The standard InChI is InChI=1S/C13H18O3/c1-7(2)8(3)13(16)12-9(4)10(14)5-6-11(12)15/h5-8,14-15H,1-4H3. The zero-order chi connectivity index (χ0) is 12.5. The lowest BCUT2D eigenvalue weighted by Gasteiger charge is -2.17. The normalized spacial score (nSPS) is 12.8. The monoisotopic (exact) mass is 222 g/mol. The number of ketones is 1. The Balaban J connectivity index is 3.23. The maximum atomic E-state index is 12.1. The van der Waals surface area contributed by atoms with Gasteiger partial charge in [0, 0.05) is 11.5 Å². The fraction of sp³-hybridized carbons (Fsp3) is 0.462. The van der Waals surface area contributed by atoms with Crippen LogP contribution in [0.5, 0.6) is 11.5 Å². The van der Waals surface area contributed by atoms with Crippen LogP contribution in [0.3, 0.4) is 0 Å². The Kier molecular flexibility index (Phi) is 3.58. The summed E-state index contributed by atoms with van der Waals surface area (Å²) in [7, 11) is 0. The second-order valence-electron chi connectivity index (χ2n) is 4.50. The van der Waals surface area contributed by atoms with E-state index in [1.165, 1.54) is 12.1 Å². The van der Waals surface area contributed by atoms with Crippen molar-refractivity contribution >= 4 is 5.78 Å². The van der Waals surface area contributed by atoms with E-state index >= 15 is 0 Å². The SMILES string of the molecule is Cc1c(O)ccc(O)c1C(=O)C(C)C(C)C. The van der Waals surface area contributed by atoms with Crippen LogP contribution in [-0.4, -0.2) is 16.0 Å². The Hall–Kier alpha value is -1.51. The van der Waals surface area contributed by atoms with Crippen molar-refractivity contribution in [1.82, 2.24) is 0 Å².